The lowest BCUT2D eigenvalue weighted by molar-refractivity contribution is -0.384. The molecule has 3 heterocycles. The number of fused-ring (bicyclic) bond motifs is 1. The first-order valence-corrected chi connectivity index (χ1v) is 8.43. The predicted molar refractivity (Wildman–Crippen MR) is 95.6 cm³/mol. The van der Waals surface area contributed by atoms with Gasteiger partial charge in [0.25, 0.3) is 11.6 Å². The van der Waals surface area contributed by atoms with Crippen molar-refractivity contribution in [2.45, 2.75) is 6.18 Å². The largest absolute Gasteiger partial charge is 0.417 e. The third-order valence-corrected chi connectivity index (χ3v) is 4.47. The van der Waals surface area contributed by atoms with E-state index in [4.69, 9.17) is 27.7 Å². The molecule has 0 fully saturated rings. The maximum Gasteiger partial charge on any atom is 0.417 e. The minimum atomic E-state index is -4.58. The van der Waals surface area contributed by atoms with Gasteiger partial charge in [0.15, 0.2) is 5.65 Å². The van der Waals surface area contributed by atoms with Gasteiger partial charge in [-0.15, -0.1) is 0 Å². The highest BCUT2D eigenvalue weighted by atomic mass is 35.5. The Bertz CT molecular complexity index is 1270. The standard InChI is InChI=1S/C16H6Cl2F3N5O3/c17-10-4-8(26(27)28)1-2-9(10)13-23-15(29-24-13)12-6-25-5-7(16(19,20)21)3-11(18)14(25)22-12/h1-6H. The fourth-order valence-corrected chi connectivity index (χ4v) is 3.07. The van der Waals surface area contributed by atoms with Crippen molar-refractivity contribution < 1.29 is 22.6 Å². The summed E-state index contributed by atoms with van der Waals surface area (Å²) in [5, 5.41) is 14.4. The molecule has 13 heteroatoms. The zero-order chi connectivity index (χ0) is 20.9. The molecule has 4 rings (SSSR count). The SMILES string of the molecule is O=[N+]([O-])c1ccc(-c2noc(-c3cn4cc(C(F)(F)F)cc(Cl)c4n3)n2)c(Cl)c1. The fourth-order valence-electron chi connectivity index (χ4n) is 2.55. The summed E-state index contributed by atoms with van der Waals surface area (Å²) in [6.07, 6.45) is -2.49. The van der Waals surface area contributed by atoms with Crippen molar-refractivity contribution in [3.8, 4) is 23.0 Å². The van der Waals surface area contributed by atoms with Crippen LogP contribution in [0.25, 0.3) is 28.6 Å². The van der Waals surface area contributed by atoms with Crippen LogP contribution >= 0.6 is 23.2 Å². The molecule has 0 atom stereocenters. The van der Waals surface area contributed by atoms with E-state index in [1.807, 2.05) is 0 Å². The predicted octanol–water partition coefficient (Wildman–Crippen LogP) is 5.29. The summed E-state index contributed by atoms with van der Waals surface area (Å²) < 4.78 is 45.0. The number of alkyl halides is 3. The molecule has 8 nitrogen and oxygen atoms in total. The van der Waals surface area contributed by atoms with Crippen molar-refractivity contribution in [3.63, 3.8) is 0 Å². The Balaban J connectivity index is 1.74. The zero-order valence-electron chi connectivity index (χ0n) is 13.8. The van der Waals surface area contributed by atoms with Crippen LogP contribution in [0.4, 0.5) is 18.9 Å². The summed E-state index contributed by atoms with van der Waals surface area (Å²) in [7, 11) is 0. The van der Waals surface area contributed by atoms with Crippen molar-refractivity contribution >= 4 is 34.5 Å². The fraction of sp³-hybridized carbons (Fsp3) is 0.0625. The van der Waals surface area contributed by atoms with Gasteiger partial charge in [0.2, 0.25) is 5.82 Å². The number of hydrogen-bond donors (Lipinski definition) is 0. The Kier molecular flexibility index (Phi) is 4.43. The van der Waals surface area contributed by atoms with Gasteiger partial charge in [-0.3, -0.25) is 10.1 Å². The smallest absolute Gasteiger partial charge is 0.332 e. The molecule has 0 radical (unpaired) electrons. The Morgan fingerprint density at radius 2 is 1.86 bits per heavy atom. The van der Waals surface area contributed by atoms with Gasteiger partial charge in [0.05, 0.1) is 20.5 Å². The van der Waals surface area contributed by atoms with E-state index in [-0.39, 0.29) is 44.4 Å². The monoisotopic (exact) mass is 443 g/mol. The number of hydrogen-bond acceptors (Lipinski definition) is 6. The van der Waals surface area contributed by atoms with Crippen LogP contribution < -0.4 is 0 Å². The summed E-state index contributed by atoms with van der Waals surface area (Å²) >= 11 is 11.9. The quantitative estimate of drug-likeness (QED) is 0.315. The lowest BCUT2D eigenvalue weighted by Crippen LogP contribution is -2.06. The van der Waals surface area contributed by atoms with Crippen LogP contribution in [0.3, 0.4) is 0 Å². The first-order valence-electron chi connectivity index (χ1n) is 7.67. The topological polar surface area (TPSA) is 99.4 Å². The normalized spacial score (nSPS) is 11.9. The molecule has 0 spiro atoms. The number of rotatable bonds is 3. The lowest BCUT2D eigenvalue weighted by atomic mass is 10.2. The molecule has 0 amide bonds. The van der Waals surface area contributed by atoms with Crippen molar-refractivity contribution in [1.82, 2.24) is 19.5 Å². The maximum absolute atomic E-state index is 12.9. The number of nitro benzene ring substituents is 1. The van der Waals surface area contributed by atoms with Crippen molar-refractivity contribution in [1.29, 1.82) is 0 Å². The van der Waals surface area contributed by atoms with E-state index in [9.17, 15) is 23.3 Å². The molecule has 148 valence electrons. The second-order valence-corrected chi connectivity index (χ2v) is 6.59. The van der Waals surface area contributed by atoms with Gasteiger partial charge < -0.3 is 8.92 Å². The van der Waals surface area contributed by atoms with E-state index in [1.165, 1.54) is 18.3 Å². The molecule has 0 aliphatic heterocycles. The van der Waals surface area contributed by atoms with E-state index < -0.39 is 16.7 Å². The first-order chi connectivity index (χ1) is 13.6. The molecule has 4 aromatic rings. The van der Waals surface area contributed by atoms with E-state index in [1.54, 1.807) is 0 Å². The zero-order valence-corrected chi connectivity index (χ0v) is 15.3. The van der Waals surface area contributed by atoms with Crippen LogP contribution in [-0.2, 0) is 6.18 Å². The van der Waals surface area contributed by atoms with Crippen LogP contribution in [0, 0.1) is 10.1 Å². The van der Waals surface area contributed by atoms with Crippen LogP contribution in [0.2, 0.25) is 10.0 Å². The Morgan fingerprint density at radius 1 is 1.10 bits per heavy atom. The summed E-state index contributed by atoms with van der Waals surface area (Å²) in [6.45, 7) is 0. The average Bonchev–Trinajstić information content (AvgIpc) is 3.27. The van der Waals surface area contributed by atoms with Crippen LogP contribution in [0.5, 0.6) is 0 Å². The maximum atomic E-state index is 12.9. The first kappa shape index (κ1) is 19.2. The molecule has 3 aromatic heterocycles. The molecule has 29 heavy (non-hydrogen) atoms. The van der Waals surface area contributed by atoms with Crippen LogP contribution in [0.1, 0.15) is 5.56 Å². The molecule has 0 aliphatic carbocycles. The van der Waals surface area contributed by atoms with Gasteiger partial charge in [-0.25, -0.2) is 4.98 Å². The highest BCUT2D eigenvalue weighted by Crippen LogP contribution is 2.34. The minimum absolute atomic E-state index is 0.0269. The summed E-state index contributed by atoms with van der Waals surface area (Å²) in [5.74, 6) is -0.0678. The van der Waals surface area contributed by atoms with Gasteiger partial charge >= 0.3 is 6.18 Å². The van der Waals surface area contributed by atoms with Crippen molar-refractivity contribution in [2.24, 2.45) is 0 Å². The number of benzene rings is 1. The third-order valence-electron chi connectivity index (χ3n) is 3.88. The van der Waals surface area contributed by atoms with E-state index >= 15 is 0 Å². The second kappa shape index (κ2) is 6.71. The third kappa shape index (κ3) is 3.49. The highest BCUT2D eigenvalue weighted by molar-refractivity contribution is 6.33. The van der Waals surface area contributed by atoms with Crippen LogP contribution in [0.15, 0.2) is 41.2 Å². The minimum Gasteiger partial charge on any atom is -0.332 e. The molecule has 0 N–H and O–H groups in total. The van der Waals surface area contributed by atoms with E-state index in [0.717, 1.165) is 22.7 Å². The van der Waals surface area contributed by atoms with E-state index in [2.05, 4.69) is 15.1 Å². The number of halogens is 5. The van der Waals surface area contributed by atoms with E-state index in [0.29, 0.717) is 0 Å². The van der Waals surface area contributed by atoms with Gasteiger partial charge in [-0.2, -0.15) is 18.2 Å². The Morgan fingerprint density at radius 3 is 2.52 bits per heavy atom. The number of nitrogens with zero attached hydrogens (tertiary/aromatic N) is 5. The van der Waals surface area contributed by atoms with Gasteiger partial charge in [-0.1, -0.05) is 28.4 Å². The highest BCUT2D eigenvalue weighted by Gasteiger charge is 2.32. The van der Waals surface area contributed by atoms with Crippen molar-refractivity contribution in [3.05, 3.63) is 62.4 Å². The van der Waals surface area contributed by atoms with Gasteiger partial charge in [0.1, 0.15) is 5.69 Å². The molecule has 0 aliphatic rings. The Hall–Kier alpha value is -3.18. The molecule has 0 saturated heterocycles. The number of pyridine rings is 1. The number of imidazole rings is 1. The van der Waals surface area contributed by atoms with Crippen molar-refractivity contribution in [2.75, 3.05) is 0 Å². The Labute approximate surface area is 168 Å². The molecule has 0 bridgehead atoms. The van der Waals surface area contributed by atoms with Crippen LogP contribution in [-0.4, -0.2) is 24.4 Å². The summed E-state index contributed by atoms with van der Waals surface area (Å²) in [4.78, 5) is 18.4. The summed E-state index contributed by atoms with van der Waals surface area (Å²) in [6, 6.07) is 4.48. The summed E-state index contributed by atoms with van der Waals surface area (Å²) in [5.41, 5.74) is -0.722. The average molecular weight is 444 g/mol. The van der Waals surface area contributed by atoms with Gasteiger partial charge in [0, 0.05) is 30.1 Å². The van der Waals surface area contributed by atoms with Gasteiger partial charge in [-0.05, 0) is 12.1 Å². The number of aromatic nitrogens is 4. The molecular formula is C16H6Cl2F3N5O3. The molecule has 1 aromatic carbocycles. The molecular weight excluding hydrogens is 438 g/mol. The number of non-ortho nitro benzene ring substituents is 1. The second-order valence-electron chi connectivity index (χ2n) is 5.78. The molecule has 0 saturated carbocycles. The number of nitro groups is 1. The lowest BCUT2D eigenvalue weighted by Gasteiger charge is -2.07. The molecule has 0 unspecified atom stereocenters.